The normalized spacial score (nSPS) is 26.5. The molecule has 0 unspecified atom stereocenters. The van der Waals surface area contributed by atoms with Crippen molar-refractivity contribution < 1.29 is 24.5 Å². The summed E-state index contributed by atoms with van der Waals surface area (Å²) in [5, 5.41) is 29.7. The summed E-state index contributed by atoms with van der Waals surface area (Å²) in [6.07, 6.45) is -3.43. The monoisotopic (exact) mass is 349 g/mol. The zero-order valence-electron chi connectivity index (χ0n) is 12.7. The van der Waals surface area contributed by atoms with Crippen LogP contribution in [0.5, 0.6) is 0 Å². The molecule has 132 valence electrons. The molecule has 11 nitrogen and oxygen atoms in total. The number of nitrogens with zero attached hydrogens (tertiary/aromatic N) is 3. The maximum absolute atomic E-state index is 12.1. The number of imidazole rings is 1. The molecular weight excluding hydrogens is 334 g/mol. The molecule has 1 aliphatic rings. The first kappa shape index (κ1) is 15.8. The molecule has 0 aliphatic carbocycles. The van der Waals surface area contributed by atoms with Gasteiger partial charge in [-0.05, 0) is 12.1 Å². The Labute approximate surface area is 139 Å². The van der Waals surface area contributed by atoms with Gasteiger partial charge in [-0.15, -0.1) is 0 Å². The molecule has 6 N–H and O–H groups in total. The van der Waals surface area contributed by atoms with Gasteiger partial charge in [0.15, 0.2) is 29.0 Å². The van der Waals surface area contributed by atoms with Crippen molar-refractivity contribution in [2.75, 3.05) is 12.3 Å². The van der Waals surface area contributed by atoms with Crippen molar-refractivity contribution in [2.45, 2.75) is 24.5 Å². The van der Waals surface area contributed by atoms with Crippen LogP contribution in [0.25, 0.3) is 22.7 Å². The number of hydrogen-bond donors (Lipinski definition) is 5. The van der Waals surface area contributed by atoms with E-state index in [1.165, 1.54) is 10.8 Å². The van der Waals surface area contributed by atoms with Crippen molar-refractivity contribution in [3.63, 3.8) is 0 Å². The maximum atomic E-state index is 12.1. The summed E-state index contributed by atoms with van der Waals surface area (Å²) in [6, 6.07) is 3.24. The highest BCUT2D eigenvalue weighted by atomic mass is 16.6. The van der Waals surface area contributed by atoms with Crippen molar-refractivity contribution in [1.82, 2.24) is 19.5 Å². The van der Waals surface area contributed by atoms with Crippen LogP contribution in [0.1, 0.15) is 6.23 Å². The Bertz CT molecular complexity index is 964. The van der Waals surface area contributed by atoms with E-state index in [1.807, 2.05) is 0 Å². The number of nitrogens with two attached hydrogens (primary N) is 1. The third-order valence-electron chi connectivity index (χ3n) is 4.08. The molecule has 0 radical (unpaired) electrons. The van der Waals surface area contributed by atoms with Gasteiger partial charge in [0.2, 0.25) is 5.95 Å². The van der Waals surface area contributed by atoms with Gasteiger partial charge in [-0.3, -0.25) is 14.3 Å². The summed E-state index contributed by atoms with van der Waals surface area (Å²) in [5.41, 5.74) is 5.07. The van der Waals surface area contributed by atoms with Gasteiger partial charge in [-0.1, -0.05) is 0 Å². The molecule has 1 fully saturated rings. The second-order valence-corrected chi connectivity index (χ2v) is 5.63. The Kier molecular flexibility index (Phi) is 3.58. The minimum absolute atomic E-state index is 0.0293. The number of aliphatic hydroxyl groups excluding tert-OH is 3. The number of aromatic nitrogens is 4. The fourth-order valence-corrected chi connectivity index (χ4v) is 2.91. The van der Waals surface area contributed by atoms with Gasteiger partial charge >= 0.3 is 0 Å². The number of aromatic amines is 1. The van der Waals surface area contributed by atoms with Crippen molar-refractivity contribution in [2.24, 2.45) is 0 Å². The molecule has 0 aromatic carbocycles. The Morgan fingerprint density at radius 2 is 2.12 bits per heavy atom. The summed E-state index contributed by atoms with van der Waals surface area (Å²) >= 11 is 0. The molecule has 3 aromatic heterocycles. The minimum Gasteiger partial charge on any atom is -0.461 e. The molecule has 0 bridgehead atoms. The van der Waals surface area contributed by atoms with E-state index in [4.69, 9.17) is 14.9 Å². The zero-order valence-corrected chi connectivity index (χ0v) is 12.7. The first-order valence-corrected chi connectivity index (χ1v) is 7.45. The van der Waals surface area contributed by atoms with Crippen LogP contribution in [0, 0.1) is 0 Å². The summed E-state index contributed by atoms with van der Waals surface area (Å²) < 4.78 is 12.2. The highest BCUT2D eigenvalue weighted by Gasteiger charge is 2.45. The molecule has 0 saturated carbocycles. The predicted molar refractivity (Wildman–Crippen MR) is 83.3 cm³/mol. The van der Waals surface area contributed by atoms with Crippen LogP contribution < -0.4 is 11.3 Å². The number of H-pyrrole nitrogens is 1. The van der Waals surface area contributed by atoms with Crippen LogP contribution in [0.4, 0.5) is 5.95 Å². The lowest BCUT2D eigenvalue weighted by Crippen LogP contribution is -2.33. The highest BCUT2D eigenvalue weighted by Crippen LogP contribution is 2.35. The topological polar surface area (TPSA) is 173 Å². The lowest BCUT2D eigenvalue weighted by atomic mass is 10.1. The molecule has 1 saturated heterocycles. The molecule has 4 heterocycles. The molecule has 3 aromatic rings. The second-order valence-electron chi connectivity index (χ2n) is 5.63. The van der Waals surface area contributed by atoms with Gasteiger partial charge in [0.05, 0.1) is 12.9 Å². The molecule has 25 heavy (non-hydrogen) atoms. The van der Waals surface area contributed by atoms with Crippen molar-refractivity contribution in [1.29, 1.82) is 0 Å². The predicted octanol–water partition coefficient (Wildman–Crippen LogP) is -1.43. The van der Waals surface area contributed by atoms with Gasteiger partial charge in [0.1, 0.15) is 18.3 Å². The fourth-order valence-electron chi connectivity index (χ4n) is 2.91. The fraction of sp³-hybridized carbons (Fsp3) is 0.357. The Morgan fingerprint density at radius 1 is 1.32 bits per heavy atom. The quantitative estimate of drug-likeness (QED) is 0.380. The van der Waals surface area contributed by atoms with Crippen LogP contribution in [-0.4, -0.2) is 59.8 Å². The Morgan fingerprint density at radius 3 is 2.76 bits per heavy atom. The summed E-state index contributed by atoms with van der Waals surface area (Å²) in [7, 11) is 0. The molecule has 1 aliphatic heterocycles. The third-order valence-corrected chi connectivity index (χ3v) is 4.08. The van der Waals surface area contributed by atoms with Crippen LogP contribution in [0.2, 0.25) is 0 Å². The van der Waals surface area contributed by atoms with Gasteiger partial charge in [-0.25, -0.2) is 4.98 Å². The number of hydrogen-bond acceptors (Lipinski definition) is 9. The molecule has 0 spiro atoms. The number of anilines is 1. The van der Waals surface area contributed by atoms with E-state index in [1.54, 1.807) is 12.1 Å². The van der Waals surface area contributed by atoms with E-state index in [0.29, 0.717) is 5.76 Å². The highest BCUT2D eigenvalue weighted by molar-refractivity contribution is 5.76. The van der Waals surface area contributed by atoms with E-state index in [0.717, 1.165) is 0 Å². The third kappa shape index (κ3) is 2.33. The maximum Gasteiger partial charge on any atom is 0.280 e. The van der Waals surface area contributed by atoms with E-state index < -0.39 is 36.7 Å². The zero-order chi connectivity index (χ0) is 17.7. The Hall–Kier alpha value is -2.73. The van der Waals surface area contributed by atoms with Gasteiger partial charge < -0.3 is 30.2 Å². The van der Waals surface area contributed by atoms with Crippen LogP contribution >= 0.6 is 0 Å². The van der Waals surface area contributed by atoms with Gasteiger partial charge in [0.25, 0.3) is 5.56 Å². The van der Waals surface area contributed by atoms with E-state index in [-0.39, 0.29) is 22.9 Å². The van der Waals surface area contributed by atoms with Crippen LogP contribution in [0.15, 0.2) is 27.6 Å². The van der Waals surface area contributed by atoms with Crippen molar-refractivity contribution in [3.8, 4) is 11.6 Å². The lowest BCUT2D eigenvalue weighted by Gasteiger charge is -2.18. The average molecular weight is 349 g/mol. The van der Waals surface area contributed by atoms with E-state index in [2.05, 4.69) is 15.0 Å². The molecule has 11 heteroatoms. The standard InChI is InChI=1S/C14H15N5O6/c15-14-17-11-7(12(23)18-14)16-10(5-2-1-3-24-5)19(11)13-9(22)8(21)6(4-20)25-13/h1-3,6,8-9,13,20-22H,4H2,(H3,15,17,18,23)/t6-,8-,9-,13-/m1/s1. The van der Waals surface area contributed by atoms with Crippen LogP contribution in [-0.2, 0) is 4.74 Å². The number of ether oxygens (including phenoxy) is 1. The minimum atomic E-state index is -1.38. The summed E-state index contributed by atoms with van der Waals surface area (Å²) in [6.45, 7) is -0.492. The number of furan rings is 1. The summed E-state index contributed by atoms with van der Waals surface area (Å²) in [4.78, 5) is 22.8. The molecular formula is C14H15N5O6. The second kappa shape index (κ2) is 5.67. The number of nitrogen functional groups attached to an aromatic ring is 1. The number of rotatable bonds is 3. The average Bonchev–Trinajstić information content (AvgIpc) is 3.27. The van der Waals surface area contributed by atoms with E-state index in [9.17, 15) is 20.1 Å². The first-order valence-electron chi connectivity index (χ1n) is 7.45. The molecule has 4 rings (SSSR count). The number of aliphatic hydroxyl groups is 3. The van der Waals surface area contributed by atoms with E-state index >= 15 is 0 Å². The van der Waals surface area contributed by atoms with Crippen molar-refractivity contribution >= 4 is 17.1 Å². The van der Waals surface area contributed by atoms with Gasteiger partial charge in [0, 0.05) is 0 Å². The van der Waals surface area contributed by atoms with Crippen molar-refractivity contribution in [3.05, 3.63) is 28.7 Å². The van der Waals surface area contributed by atoms with Gasteiger partial charge in [-0.2, -0.15) is 4.98 Å². The first-order chi connectivity index (χ1) is 12.0. The van der Waals surface area contributed by atoms with Crippen LogP contribution in [0.3, 0.4) is 0 Å². The smallest absolute Gasteiger partial charge is 0.280 e. The SMILES string of the molecule is Nc1nc2c(nc(-c3ccco3)n2[C@@H]2O[C@H](CO)[C@@H](O)[C@H]2O)c(=O)[nH]1. The lowest BCUT2D eigenvalue weighted by molar-refractivity contribution is -0.0504. The largest absolute Gasteiger partial charge is 0.461 e. The molecule has 0 amide bonds. The summed E-state index contributed by atoms with van der Waals surface area (Å²) in [5.74, 6) is 0.323. The number of fused-ring (bicyclic) bond motifs is 1. The molecule has 4 atom stereocenters. The number of nitrogens with one attached hydrogen (secondary N) is 1. The Balaban J connectivity index is 1.98.